The topological polar surface area (TPSA) is 51.9 Å². The van der Waals surface area contributed by atoms with E-state index in [1.807, 2.05) is 36.4 Å². The molecule has 1 heterocycles. The van der Waals surface area contributed by atoms with Gasteiger partial charge in [-0.2, -0.15) is 0 Å². The average Bonchev–Trinajstić information content (AvgIpc) is 3.49. The highest BCUT2D eigenvalue weighted by atomic mass is 16.1. The first-order valence-electron chi connectivity index (χ1n) is 12.5. The molecule has 1 aromatic heterocycles. The van der Waals surface area contributed by atoms with Crippen molar-refractivity contribution in [2.75, 3.05) is 0 Å². The van der Waals surface area contributed by atoms with Crippen LogP contribution in [0.2, 0.25) is 0 Å². The summed E-state index contributed by atoms with van der Waals surface area (Å²) in [5.74, 6) is 1.10. The fourth-order valence-electron chi connectivity index (χ4n) is 6.09. The number of nitrogens with two attached hydrogens (primary N) is 1. The minimum Gasteiger partial charge on any atom is -0.369 e. The zero-order valence-corrected chi connectivity index (χ0v) is 20.6. The minimum atomic E-state index is -0.837. The Kier molecular flexibility index (Phi) is 6.29. The molecule has 2 unspecified atom stereocenters. The molecule has 2 atom stereocenters. The van der Waals surface area contributed by atoms with E-state index in [4.69, 9.17) is 5.73 Å². The fraction of sp³-hybridized carbons (Fsp3) is 0.290. The number of imidazole rings is 1. The van der Waals surface area contributed by atoms with E-state index in [0.29, 0.717) is 6.04 Å². The quantitative estimate of drug-likeness (QED) is 0.373. The van der Waals surface area contributed by atoms with Crippen molar-refractivity contribution < 1.29 is 9.36 Å². The van der Waals surface area contributed by atoms with Crippen LogP contribution >= 0.6 is 0 Å². The molecule has 5 rings (SSSR count). The molecule has 0 radical (unpaired) electrons. The number of amides is 1. The van der Waals surface area contributed by atoms with Crippen LogP contribution in [-0.4, -0.2) is 10.5 Å². The molecule has 1 amide bonds. The van der Waals surface area contributed by atoms with Crippen LogP contribution in [0.3, 0.4) is 0 Å². The second-order valence-corrected chi connectivity index (χ2v) is 9.93. The highest BCUT2D eigenvalue weighted by Crippen LogP contribution is 2.49. The predicted octanol–water partition coefficient (Wildman–Crippen LogP) is 5.25. The van der Waals surface area contributed by atoms with Gasteiger partial charge in [-0.1, -0.05) is 90.5 Å². The van der Waals surface area contributed by atoms with Gasteiger partial charge in [0.05, 0.1) is 0 Å². The van der Waals surface area contributed by atoms with E-state index < -0.39 is 5.41 Å². The van der Waals surface area contributed by atoms with Crippen molar-refractivity contribution in [3.63, 3.8) is 0 Å². The normalized spacial score (nSPS) is 18.0. The Morgan fingerprint density at radius 1 is 0.914 bits per heavy atom. The van der Waals surface area contributed by atoms with Crippen molar-refractivity contribution in [2.45, 2.75) is 51.1 Å². The number of carbonyl (C=O) groups is 1. The summed E-state index contributed by atoms with van der Waals surface area (Å²) >= 11 is 0. The number of carbonyl (C=O) groups excluding carboxylic acids is 1. The Morgan fingerprint density at radius 3 is 2.09 bits per heavy atom. The first-order chi connectivity index (χ1) is 17.0. The molecule has 178 valence electrons. The van der Waals surface area contributed by atoms with Crippen LogP contribution in [0.5, 0.6) is 0 Å². The number of benzene rings is 3. The van der Waals surface area contributed by atoms with Crippen molar-refractivity contribution in [1.82, 2.24) is 4.57 Å². The molecule has 1 saturated carbocycles. The zero-order chi connectivity index (χ0) is 24.4. The van der Waals surface area contributed by atoms with Gasteiger partial charge in [0.25, 0.3) is 5.82 Å². The van der Waals surface area contributed by atoms with Gasteiger partial charge in [0.1, 0.15) is 30.4 Å². The molecule has 3 aromatic carbocycles. The van der Waals surface area contributed by atoms with E-state index in [1.165, 1.54) is 17.0 Å². The molecule has 4 aromatic rings. The minimum absolute atomic E-state index is 0.127. The monoisotopic (exact) mass is 464 g/mol. The molecule has 35 heavy (non-hydrogen) atoms. The lowest BCUT2D eigenvalue weighted by molar-refractivity contribution is -0.694. The van der Waals surface area contributed by atoms with E-state index in [1.54, 1.807) is 0 Å². The Hall–Kier alpha value is -3.66. The van der Waals surface area contributed by atoms with Gasteiger partial charge in [-0.05, 0) is 48.8 Å². The molecular formula is C31H34N3O+. The third-order valence-electron chi connectivity index (χ3n) is 7.93. The first kappa shape index (κ1) is 23.1. The summed E-state index contributed by atoms with van der Waals surface area (Å²) in [4.78, 5) is 13.4. The van der Waals surface area contributed by atoms with Crippen molar-refractivity contribution in [3.05, 3.63) is 125 Å². The van der Waals surface area contributed by atoms with E-state index in [2.05, 4.69) is 83.9 Å². The van der Waals surface area contributed by atoms with E-state index in [0.717, 1.165) is 36.9 Å². The number of hydrogen-bond donors (Lipinski definition) is 1. The smallest absolute Gasteiger partial charge is 0.253 e. The van der Waals surface area contributed by atoms with Gasteiger partial charge < -0.3 is 5.73 Å². The van der Waals surface area contributed by atoms with Crippen LogP contribution in [-0.2, 0) is 16.8 Å². The first-order valence-corrected chi connectivity index (χ1v) is 12.5. The Labute approximate surface area is 208 Å². The van der Waals surface area contributed by atoms with Crippen LogP contribution in [0, 0.1) is 19.8 Å². The maximum atomic E-state index is 13.4. The summed E-state index contributed by atoms with van der Waals surface area (Å²) in [5.41, 5.74) is 10.00. The third kappa shape index (κ3) is 4.18. The second kappa shape index (κ2) is 9.53. The highest BCUT2D eigenvalue weighted by molar-refractivity contribution is 5.91. The number of hydrogen-bond acceptors (Lipinski definition) is 1. The molecule has 2 N–H and O–H groups in total. The van der Waals surface area contributed by atoms with Crippen LogP contribution < -0.4 is 10.3 Å². The van der Waals surface area contributed by atoms with Gasteiger partial charge in [0.2, 0.25) is 5.91 Å². The summed E-state index contributed by atoms with van der Waals surface area (Å²) in [7, 11) is 0. The molecule has 1 aliphatic rings. The highest BCUT2D eigenvalue weighted by Gasteiger charge is 2.51. The Bertz CT molecular complexity index is 1250. The van der Waals surface area contributed by atoms with E-state index in [9.17, 15) is 4.79 Å². The van der Waals surface area contributed by atoms with Crippen molar-refractivity contribution >= 4 is 5.91 Å². The average molecular weight is 465 g/mol. The van der Waals surface area contributed by atoms with Gasteiger partial charge in [-0.15, -0.1) is 0 Å². The molecule has 1 fully saturated rings. The van der Waals surface area contributed by atoms with Gasteiger partial charge in [-0.25, -0.2) is 9.13 Å². The maximum absolute atomic E-state index is 13.4. The van der Waals surface area contributed by atoms with Crippen molar-refractivity contribution in [2.24, 2.45) is 11.7 Å². The molecule has 0 saturated heterocycles. The van der Waals surface area contributed by atoms with E-state index in [-0.39, 0.29) is 11.8 Å². The number of primary amides is 1. The lowest BCUT2D eigenvalue weighted by atomic mass is 9.64. The summed E-state index contributed by atoms with van der Waals surface area (Å²) < 4.78 is 4.71. The molecule has 0 bridgehead atoms. The molecule has 1 aliphatic carbocycles. The van der Waals surface area contributed by atoms with Crippen molar-refractivity contribution in [1.29, 1.82) is 0 Å². The third-order valence-corrected chi connectivity index (χ3v) is 7.93. The second-order valence-electron chi connectivity index (χ2n) is 9.93. The zero-order valence-electron chi connectivity index (χ0n) is 20.6. The lowest BCUT2D eigenvalue weighted by Gasteiger charge is -2.37. The predicted molar refractivity (Wildman–Crippen MR) is 139 cm³/mol. The number of aromatic nitrogens is 2. The summed E-state index contributed by atoms with van der Waals surface area (Å²) in [5, 5.41) is 0. The summed E-state index contributed by atoms with van der Waals surface area (Å²) in [6.45, 7) is 5.16. The largest absolute Gasteiger partial charge is 0.369 e. The SMILES string of the molecule is Cc1ccc(C[n+]2ccn(C3CCC(C(C(N)=O)(c4ccccc4)c4ccccc4)C3)c2C)cc1. The van der Waals surface area contributed by atoms with E-state index >= 15 is 0 Å². The van der Waals surface area contributed by atoms with Crippen LogP contribution in [0.15, 0.2) is 97.3 Å². The van der Waals surface area contributed by atoms with Crippen LogP contribution in [0.4, 0.5) is 0 Å². The lowest BCUT2D eigenvalue weighted by Crippen LogP contribution is -2.47. The van der Waals surface area contributed by atoms with Gasteiger partial charge in [0, 0.05) is 6.92 Å². The summed E-state index contributed by atoms with van der Waals surface area (Å²) in [6, 6.07) is 29.3. The van der Waals surface area contributed by atoms with Gasteiger partial charge in [0.15, 0.2) is 0 Å². The Morgan fingerprint density at radius 2 is 1.51 bits per heavy atom. The molecule has 0 aliphatic heterocycles. The standard InChI is InChI=1S/C31H33N3O/c1-23-13-15-25(16-14-23)22-33-19-20-34(24(33)2)29-18-17-28(21-29)31(30(32)35,26-9-5-3-6-10-26)27-11-7-4-8-12-27/h3-16,19-20,28-29H,17-18,21-22H2,1-2H3,(H-,32,35)/p+1. The van der Waals surface area contributed by atoms with Crippen molar-refractivity contribution in [3.8, 4) is 0 Å². The molecule has 4 heteroatoms. The number of nitrogens with zero attached hydrogens (tertiary/aromatic N) is 2. The van der Waals surface area contributed by atoms with Crippen LogP contribution in [0.1, 0.15) is 53.4 Å². The number of aryl methyl sites for hydroxylation is 1. The molecule has 4 nitrogen and oxygen atoms in total. The van der Waals surface area contributed by atoms with Gasteiger partial charge >= 0.3 is 0 Å². The van der Waals surface area contributed by atoms with Gasteiger partial charge in [-0.3, -0.25) is 4.79 Å². The number of rotatable bonds is 7. The molecule has 0 spiro atoms. The maximum Gasteiger partial charge on any atom is 0.253 e. The Balaban J connectivity index is 1.47. The fourth-order valence-corrected chi connectivity index (χ4v) is 6.09. The summed E-state index contributed by atoms with van der Waals surface area (Å²) in [6.07, 6.45) is 7.27. The molecular weight excluding hydrogens is 430 g/mol. The van der Waals surface area contributed by atoms with Crippen LogP contribution in [0.25, 0.3) is 0 Å².